The Bertz CT molecular complexity index is 2020. The molecule has 4 atom stereocenters. The van der Waals surface area contributed by atoms with Gasteiger partial charge in [-0.3, -0.25) is 34.7 Å². The number of likely N-dealkylation sites (tertiary alicyclic amines) is 1. The van der Waals surface area contributed by atoms with Gasteiger partial charge in [0, 0.05) is 42.0 Å². The zero-order valence-corrected chi connectivity index (χ0v) is 25.4. The van der Waals surface area contributed by atoms with E-state index < -0.39 is 46.1 Å². The highest BCUT2D eigenvalue weighted by molar-refractivity contribution is 7.09. The molecule has 2 aliphatic heterocycles. The third kappa shape index (κ3) is 4.86. The van der Waals surface area contributed by atoms with Gasteiger partial charge < -0.3 is 9.52 Å². The van der Waals surface area contributed by atoms with Crippen molar-refractivity contribution < 1.29 is 28.8 Å². The number of amides is 2. The number of benzene rings is 3. The average Bonchev–Trinajstić information content (AvgIpc) is 3.82. The maximum absolute atomic E-state index is 14.2. The van der Waals surface area contributed by atoms with Gasteiger partial charge in [-0.05, 0) is 47.5 Å². The number of rotatable bonds is 9. The number of fused-ring (bicyclic) bond motifs is 2. The number of aryl methyl sites for hydroxylation is 1. The number of nitrogens with zero attached hydrogens (tertiary/aromatic N) is 3. The Morgan fingerprint density at radius 1 is 1.07 bits per heavy atom. The fraction of sp³-hybridized carbons (Fsp3) is 0.235. The van der Waals surface area contributed by atoms with E-state index in [1.807, 2.05) is 49.4 Å². The quantitative estimate of drug-likeness (QED) is 0.124. The van der Waals surface area contributed by atoms with Crippen molar-refractivity contribution in [3.05, 3.63) is 116 Å². The van der Waals surface area contributed by atoms with Gasteiger partial charge in [-0.15, -0.1) is 11.3 Å². The molecule has 2 aliphatic rings. The van der Waals surface area contributed by atoms with Gasteiger partial charge in [0.15, 0.2) is 0 Å². The van der Waals surface area contributed by atoms with E-state index in [1.54, 1.807) is 29.8 Å². The zero-order chi connectivity index (χ0) is 32.2. The smallest absolute Gasteiger partial charge is 0.325 e. The van der Waals surface area contributed by atoms with Crippen LogP contribution in [0.25, 0.3) is 22.1 Å². The Hall–Kier alpha value is -5.20. The second-order valence-electron chi connectivity index (χ2n) is 11.7. The Morgan fingerprint density at radius 2 is 1.83 bits per heavy atom. The van der Waals surface area contributed by atoms with Crippen LogP contribution >= 0.6 is 11.3 Å². The fourth-order valence-electron chi connectivity index (χ4n) is 6.83. The van der Waals surface area contributed by atoms with Crippen molar-refractivity contribution in [2.75, 3.05) is 6.54 Å². The molecule has 3 aromatic carbocycles. The van der Waals surface area contributed by atoms with E-state index in [2.05, 4.69) is 10.3 Å². The molecule has 232 valence electrons. The number of aromatic nitrogens is 1. The third-order valence-electron chi connectivity index (χ3n) is 9.13. The summed E-state index contributed by atoms with van der Waals surface area (Å²) in [5.74, 6) is -3.75. The normalized spacial score (nSPS) is 22.5. The van der Waals surface area contributed by atoms with Crippen LogP contribution in [-0.4, -0.2) is 49.8 Å². The Balaban J connectivity index is 1.27. The summed E-state index contributed by atoms with van der Waals surface area (Å²) in [5.41, 5.74) is 1.94. The molecule has 2 aromatic heterocycles. The number of carbonyl (C=O) groups is 3. The van der Waals surface area contributed by atoms with Crippen LogP contribution in [0.2, 0.25) is 0 Å². The van der Waals surface area contributed by atoms with Crippen LogP contribution in [0.4, 0.5) is 5.69 Å². The van der Waals surface area contributed by atoms with Gasteiger partial charge in [0.1, 0.15) is 17.1 Å². The van der Waals surface area contributed by atoms with Crippen LogP contribution in [-0.2, 0) is 27.2 Å². The van der Waals surface area contributed by atoms with E-state index in [0.717, 1.165) is 21.3 Å². The number of nitro benzene ring substituents is 1. The summed E-state index contributed by atoms with van der Waals surface area (Å²) in [6, 6.07) is 21.7. The molecule has 11 nitrogen and oxygen atoms in total. The molecule has 0 radical (unpaired) electrons. The first-order chi connectivity index (χ1) is 22.2. The zero-order valence-electron chi connectivity index (χ0n) is 24.6. The molecule has 2 amide bonds. The molecule has 7 rings (SSSR count). The third-order valence-corrected chi connectivity index (χ3v) is 10.1. The Kier molecular flexibility index (Phi) is 7.25. The molecule has 4 unspecified atom stereocenters. The molecule has 2 saturated heterocycles. The molecule has 12 heteroatoms. The number of nitrogens with one attached hydrogen (secondary N) is 1. The Labute approximate surface area is 266 Å². The number of thiazole rings is 1. The summed E-state index contributed by atoms with van der Waals surface area (Å²) in [7, 11) is 0. The molecule has 0 saturated carbocycles. The minimum Gasteiger partial charge on any atom is -0.480 e. The summed E-state index contributed by atoms with van der Waals surface area (Å²) in [6.45, 7) is 1.98. The van der Waals surface area contributed by atoms with E-state index in [9.17, 15) is 29.6 Å². The minimum atomic E-state index is -1.81. The van der Waals surface area contributed by atoms with Gasteiger partial charge >= 0.3 is 5.97 Å². The number of carboxylic acid groups (broad SMARTS) is 1. The second kappa shape index (κ2) is 11.3. The van der Waals surface area contributed by atoms with Crippen molar-refractivity contribution in [3.8, 4) is 11.3 Å². The molecule has 46 heavy (non-hydrogen) atoms. The molecule has 2 fully saturated rings. The predicted octanol–water partition coefficient (Wildman–Crippen LogP) is 5.33. The van der Waals surface area contributed by atoms with Crippen molar-refractivity contribution in [1.82, 2.24) is 15.2 Å². The van der Waals surface area contributed by atoms with Gasteiger partial charge in [-0.2, -0.15) is 0 Å². The number of non-ortho nitro benzene ring substituents is 1. The summed E-state index contributed by atoms with van der Waals surface area (Å²) in [4.78, 5) is 58.6. The second-order valence-corrected chi connectivity index (χ2v) is 12.6. The van der Waals surface area contributed by atoms with Gasteiger partial charge in [0.25, 0.3) is 5.69 Å². The van der Waals surface area contributed by atoms with E-state index in [4.69, 9.17) is 4.42 Å². The van der Waals surface area contributed by atoms with Crippen LogP contribution < -0.4 is 5.32 Å². The van der Waals surface area contributed by atoms with Crippen molar-refractivity contribution in [3.63, 3.8) is 0 Å². The first-order valence-corrected chi connectivity index (χ1v) is 15.6. The molecule has 5 aromatic rings. The fourth-order valence-corrected chi connectivity index (χ4v) is 7.61. The molecular weight excluding hydrogens is 608 g/mol. The lowest BCUT2D eigenvalue weighted by Crippen LogP contribution is -2.57. The molecule has 0 bridgehead atoms. The van der Waals surface area contributed by atoms with Crippen molar-refractivity contribution in [1.29, 1.82) is 0 Å². The molecule has 2 N–H and O–H groups in total. The summed E-state index contributed by atoms with van der Waals surface area (Å²) in [6.07, 6.45) is 0.378. The monoisotopic (exact) mass is 636 g/mol. The largest absolute Gasteiger partial charge is 0.480 e. The average molecular weight is 637 g/mol. The van der Waals surface area contributed by atoms with Gasteiger partial charge in [0.05, 0.1) is 34.0 Å². The van der Waals surface area contributed by atoms with Gasteiger partial charge in [-0.1, -0.05) is 42.5 Å². The summed E-state index contributed by atoms with van der Waals surface area (Å²) >= 11 is 1.45. The highest BCUT2D eigenvalue weighted by atomic mass is 32.1. The molecular formula is C34H28N4O7S. The standard InChI is InChI=1S/C34H28N4O7S/c1-19-27(46-18-35-19)14-15-37-31(39)28-29(32(37)40)34(33(41)42,17-20-6-7-21-4-2-3-5-23(21)16-20)36-30(28)26-13-12-25(45-26)22-8-10-24(11-9-22)38(43)44/h2-13,16,18,28-30,36H,14-15,17H2,1H3,(H,41,42). The first kappa shape index (κ1) is 29.5. The number of hydrogen-bond acceptors (Lipinski definition) is 9. The predicted molar refractivity (Wildman–Crippen MR) is 169 cm³/mol. The number of hydrogen-bond donors (Lipinski definition) is 2. The maximum atomic E-state index is 14.2. The first-order valence-electron chi connectivity index (χ1n) is 14.7. The maximum Gasteiger partial charge on any atom is 0.325 e. The van der Waals surface area contributed by atoms with E-state index in [1.165, 1.54) is 28.4 Å². The van der Waals surface area contributed by atoms with Gasteiger partial charge in [0.2, 0.25) is 11.8 Å². The highest BCUT2D eigenvalue weighted by Gasteiger charge is 2.68. The lowest BCUT2D eigenvalue weighted by molar-refractivity contribution is -0.384. The van der Waals surface area contributed by atoms with Crippen LogP contribution in [0, 0.1) is 28.9 Å². The van der Waals surface area contributed by atoms with E-state index in [0.29, 0.717) is 29.1 Å². The number of carboxylic acids is 1. The minimum absolute atomic E-state index is 0.0401. The topological polar surface area (TPSA) is 156 Å². The van der Waals surface area contributed by atoms with Crippen molar-refractivity contribution in [2.24, 2.45) is 11.8 Å². The van der Waals surface area contributed by atoms with Crippen LogP contribution in [0.3, 0.4) is 0 Å². The molecule has 4 heterocycles. The van der Waals surface area contributed by atoms with E-state index >= 15 is 0 Å². The van der Waals surface area contributed by atoms with Crippen LogP contribution in [0.5, 0.6) is 0 Å². The number of nitro groups is 1. The molecule has 0 spiro atoms. The number of carbonyl (C=O) groups excluding carboxylic acids is 2. The van der Waals surface area contributed by atoms with Crippen LogP contribution in [0.15, 0.2) is 88.8 Å². The lowest BCUT2D eigenvalue weighted by atomic mass is 9.76. The van der Waals surface area contributed by atoms with Gasteiger partial charge in [-0.25, -0.2) is 4.98 Å². The molecule has 0 aliphatic carbocycles. The van der Waals surface area contributed by atoms with Crippen LogP contribution in [0.1, 0.15) is 27.9 Å². The number of aliphatic carboxylic acids is 1. The highest BCUT2D eigenvalue weighted by Crippen LogP contribution is 2.51. The van der Waals surface area contributed by atoms with Crippen molar-refractivity contribution in [2.45, 2.75) is 31.3 Å². The SMILES string of the molecule is Cc1ncsc1CCN1C(=O)C2C(c3ccc(-c4ccc([N+](=O)[O-])cc4)o3)NC(Cc3ccc4ccccc4c3)(C(=O)O)C2C1=O. The van der Waals surface area contributed by atoms with E-state index in [-0.39, 0.29) is 18.7 Å². The Morgan fingerprint density at radius 3 is 2.52 bits per heavy atom. The lowest BCUT2D eigenvalue weighted by Gasteiger charge is -2.31. The van der Waals surface area contributed by atoms with Crippen molar-refractivity contribution >= 4 is 45.6 Å². The summed E-state index contributed by atoms with van der Waals surface area (Å²) in [5, 5.41) is 27.1. The summed E-state index contributed by atoms with van der Waals surface area (Å²) < 4.78 is 6.18. The number of furan rings is 1. The number of imide groups is 1.